The zero-order valence-corrected chi connectivity index (χ0v) is 18.1. The molecular formula is C19H22ClFN4O3S. The number of pyridine rings is 2. The summed E-state index contributed by atoms with van der Waals surface area (Å²) in [4.78, 5) is 22.7. The standard InChI is InChI=1S/C19H22ClFN4O3S/c1-11-9-19(3,4)25(10-11)17-13(8-14(21)16(20)23-17)18(26)24-29(27,28)15-7-5-6-12(2)22-15/h5-8,11H,9-10H2,1-4H3,(H,24,26). The average Bonchev–Trinajstić information content (AvgIpc) is 2.88. The van der Waals surface area contributed by atoms with Crippen molar-refractivity contribution in [1.29, 1.82) is 0 Å². The highest BCUT2D eigenvalue weighted by Crippen LogP contribution is 2.38. The molecule has 156 valence electrons. The summed E-state index contributed by atoms with van der Waals surface area (Å²) >= 11 is 5.87. The molecule has 0 radical (unpaired) electrons. The lowest BCUT2D eigenvalue weighted by atomic mass is 9.97. The number of aromatic nitrogens is 2. The summed E-state index contributed by atoms with van der Waals surface area (Å²) in [5, 5.41) is -0.681. The van der Waals surface area contributed by atoms with Gasteiger partial charge in [-0.05, 0) is 51.3 Å². The van der Waals surface area contributed by atoms with Crippen molar-refractivity contribution in [2.45, 2.75) is 44.7 Å². The monoisotopic (exact) mass is 440 g/mol. The van der Waals surface area contributed by atoms with E-state index in [1.807, 2.05) is 23.5 Å². The summed E-state index contributed by atoms with van der Waals surface area (Å²) in [6, 6.07) is 5.34. The van der Waals surface area contributed by atoms with E-state index < -0.39 is 21.7 Å². The summed E-state index contributed by atoms with van der Waals surface area (Å²) in [6.45, 7) is 8.22. The van der Waals surface area contributed by atoms with E-state index in [-0.39, 0.29) is 27.1 Å². The molecule has 0 spiro atoms. The minimum absolute atomic E-state index is 0.149. The second-order valence-corrected chi connectivity index (χ2v) is 9.90. The van der Waals surface area contributed by atoms with Gasteiger partial charge in [0.25, 0.3) is 15.9 Å². The number of sulfonamides is 1. The number of carbonyl (C=O) groups is 1. The van der Waals surface area contributed by atoms with Gasteiger partial charge in [0.15, 0.2) is 16.0 Å². The van der Waals surface area contributed by atoms with Crippen molar-refractivity contribution in [2.75, 3.05) is 11.4 Å². The average molecular weight is 441 g/mol. The van der Waals surface area contributed by atoms with Gasteiger partial charge in [0, 0.05) is 17.8 Å². The largest absolute Gasteiger partial charge is 0.351 e. The fourth-order valence-corrected chi connectivity index (χ4v) is 4.80. The van der Waals surface area contributed by atoms with Crippen LogP contribution in [0, 0.1) is 18.7 Å². The number of hydrogen-bond donors (Lipinski definition) is 1. The lowest BCUT2D eigenvalue weighted by molar-refractivity contribution is 0.0981. The highest BCUT2D eigenvalue weighted by Gasteiger charge is 2.39. The minimum atomic E-state index is -4.25. The Hall–Kier alpha value is -2.26. The van der Waals surface area contributed by atoms with E-state index >= 15 is 0 Å². The minimum Gasteiger partial charge on any atom is -0.351 e. The van der Waals surface area contributed by atoms with Crippen LogP contribution in [0.5, 0.6) is 0 Å². The van der Waals surface area contributed by atoms with E-state index in [1.165, 1.54) is 12.1 Å². The van der Waals surface area contributed by atoms with Crippen LogP contribution in [0.2, 0.25) is 5.15 Å². The third-order valence-corrected chi connectivity index (χ3v) is 6.35. The normalized spacial score (nSPS) is 18.7. The van der Waals surface area contributed by atoms with Crippen molar-refractivity contribution in [1.82, 2.24) is 14.7 Å². The number of halogens is 2. The van der Waals surface area contributed by atoms with Gasteiger partial charge in [-0.25, -0.2) is 19.1 Å². The fraction of sp³-hybridized carbons (Fsp3) is 0.421. The molecular weight excluding hydrogens is 419 g/mol. The number of aryl methyl sites for hydroxylation is 1. The number of carbonyl (C=O) groups excluding carboxylic acids is 1. The van der Waals surface area contributed by atoms with Crippen LogP contribution in [-0.4, -0.2) is 36.4 Å². The highest BCUT2D eigenvalue weighted by molar-refractivity contribution is 7.90. The predicted molar refractivity (Wildman–Crippen MR) is 108 cm³/mol. The maximum atomic E-state index is 14.1. The molecule has 0 aromatic carbocycles. The summed E-state index contributed by atoms with van der Waals surface area (Å²) in [5.74, 6) is -1.44. The second kappa shape index (κ2) is 7.53. The van der Waals surface area contributed by atoms with E-state index in [1.54, 1.807) is 13.0 Å². The first-order chi connectivity index (χ1) is 13.4. The lowest BCUT2D eigenvalue weighted by Crippen LogP contribution is -2.41. The predicted octanol–water partition coefficient (Wildman–Crippen LogP) is 3.32. The first-order valence-electron chi connectivity index (χ1n) is 9.05. The van der Waals surface area contributed by atoms with Gasteiger partial charge in [-0.2, -0.15) is 8.42 Å². The number of amides is 1. The van der Waals surface area contributed by atoms with E-state index in [4.69, 9.17) is 11.6 Å². The Bertz CT molecular complexity index is 1080. The van der Waals surface area contributed by atoms with Crippen molar-refractivity contribution in [2.24, 2.45) is 5.92 Å². The Balaban J connectivity index is 2.02. The van der Waals surface area contributed by atoms with E-state index in [0.29, 0.717) is 18.2 Å². The fourth-order valence-electron chi connectivity index (χ4n) is 3.69. The maximum Gasteiger partial charge on any atom is 0.281 e. The molecule has 1 atom stereocenters. The molecule has 2 aromatic rings. The third-order valence-electron chi connectivity index (χ3n) is 4.85. The van der Waals surface area contributed by atoms with Gasteiger partial charge < -0.3 is 4.90 Å². The maximum absolute atomic E-state index is 14.1. The van der Waals surface area contributed by atoms with Crippen molar-refractivity contribution in [3.63, 3.8) is 0 Å². The number of hydrogen-bond acceptors (Lipinski definition) is 6. The Morgan fingerprint density at radius 1 is 1.34 bits per heavy atom. The van der Waals surface area contributed by atoms with E-state index in [0.717, 1.165) is 12.5 Å². The van der Waals surface area contributed by atoms with Crippen molar-refractivity contribution < 1.29 is 17.6 Å². The van der Waals surface area contributed by atoms with Gasteiger partial charge in [-0.1, -0.05) is 24.6 Å². The molecule has 0 aliphatic carbocycles. The molecule has 0 bridgehead atoms. The zero-order chi connectivity index (χ0) is 21.6. The molecule has 1 aliphatic heterocycles. The van der Waals surface area contributed by atoms with Crippen LogP contribution in [-0.2, 0) is 10.0 Å². The smallest absolute Gasteiger partial charge is 0.281 e. The number of anilines is 1. The molecule has 2 aromatic heterocycles. The van der Waals surface area contributed by atoms with Crippen LogP contribution in [0.1, 0.15) is 43.2 Å². The van der Waals surface area contributed by atoms with E-state index in [9.17, 15) is 17.6 Å². The lowest BCUT2D eigenvalue weighted by Gasteiger charge is -2.33. The molecule has 0 saturated carbocycles. The topological polar surface area (TPSA) is 92.3 Å². The molecule has 3 rings (SSSR count). The Labute approximate surface area is 174 Å². The molecule has 1 fully saturated rings. The Morgan fingerprint density at radius 2 is 2.03 bits per heavy atom. The van der Waals surface area contributed by atoms with Crippen molar-refractivity contribution >= 4 is 33.3 Å². The summed E-state index contributed by atoms with van der Waals surface area (Å²) in [6.07, 6.45) is 0.830. The van der Waals surface area contributed by atoms with Crippen molar-refractivity contribution in [3.8, 4) is 0 Å². The van der Waals surface area contributed by atoms with E-state index in [2.05, 4.69) is 16.9 Å². The SMILES string of the molecule is Cc1cccc(S(=O)(=O)NC(=O)c2cc(F)c(Cl)nc2N2CC(C)CC2(C)C)n1. The van der Waals surface area contributed by atoms with Crippen LogP contribution < -0.4 is 9.62 Å². The molecule has 1 N–H and O–H groups in total. The first-order valence-corrected chi connectivity index (χ1v) is 10.9. The second-order valence-electron chi connectivity index (χ2n) is 7.92. The molecule has 1 aliphatic rings. The van der Waals surface area contributed by atoms with Crippen LogP contribution in [0.25, 0.3) is 0 Å². The van der Waals surface area contributed by atoms with Crippen LogP contribution in [0.15, 0.2) is 29.3 Å². The van der Waals surface area contributed by atoms with Gasteiger partial charge >= 0.3 is 0 Å². The number of nitrogens with one attached hydrogen (secondary N) is 1. The number of nitrogens with zero attached hydrogens (tertiary/aromatic N) is 3. The van der Waals surface area contributed by atoms with Crippen molar-refractivity contribution in [3.05, 3.63) is 46.5 Å². The molecule has 29 heavy (non-hydrogen) atoms. The summed E-state index contributed by atoms with van der Waals surface area (Å²) in [5.41, 5.74) is -0.0853. The zero-order valence-electron chi connectivity index (χ0n) is 16.5. The Kier molecular flexibility index (Phi) is 5.57. The van der Waals surface area contributed by atoms with Gasteiger partial charge in [-0.3, -0.25) is 4.79 Å². The van der Waals surface area contributed by atoms with Gasteiger partial charge in [0.1, 0.15) is 5.82 Å². The molecule has 3 heterocycles. The quantitative estimate of drug-likeness (QED) is 0.733. The molecule has 1 amide bonds. The molecule has 10 heteroatoms. The summed E-state index contributed by atoms with van der Waals surface area (Å²) in [7, 11) is -4.25. The van der Waals surface area contributed by atoms with Crippen LogP contribution >= 0.6 is 11.6 Å². The number of rotatable bonds is 4. The molecule has 1 unspecified atom stereocenters. The van der Waals surface area contributed by atoms with Gasteiger partial charge in [-0.15, -0.1) is 0 Å². The molecule has 7 nitrogen and oxygen atoms in total. The Morgan fingerprint density at radius 3 is 2.62 bits per heavy atom. The van der Waals surface area contributed by atoms with Crippen LogP contribution in [0.4, 0.5) is 10.2 Å². The van der Waals surface area contributed by atoms with Crippen LogP contribution in [0.3, 0.4) is 0 Å². The highest BCUT2D eigenvalue weighted by atomic mass is 35.5. The summed E-state index contributed by atoms with van der Waals surface area (Å²) < 4.78 is 41.3. The van der Waals surface area contributed by atoms with Gasteiger partial charge in [0.05, 0.1) is 5.56 Å². The van der Waals surface area contributed by atoms with Gasteiger partial charge in [0.2, 0.25) is 0 Å². The third kappa shape index (κ3) is 4.35. The molecule has 1 saturated heterocycles. The first kappa shape index (κ1) is 21.4.